The number of nitrogens with zero attached hydrogens (tertiary/aromatic N) is 4. The fourth-order valence-corrected chi connectivity index (χ4v) is 15.2. The molecule has 8 heterocycles. The number of ether oxygens (including phenoxy) is 5. The third-order valence-electron chi connectivity index (χ3n) is 17.2. The Morgan fingerprint density at radius 2 is 1.58 bits per heavy atom. The van der Waals surface area contributed by atoms with E-state index in [0.29, 0.717) is 6.04 Å². The molecule has 55 heavy (non-hydrogen) atoms. The number of methoxy groups -OCH3 is 4. The van der Waals surface area contributed by atoms with Crippen LogP contribution in [-0.2, 0) is 34.6 Å². The van der Waals surface area contributed by atoms with E-state index in [4.69, 9.17) is 23.7 Å². The molecule has 6 saturated heterocycles. The molecular formula is C44H54N4O7. The number of fused-ring (bicyclic) bond motifs is 6. The molecule has 2 saturated carbocycles. The van der Waals surface area contributed by atoms with Crippen LogP contribution in [0.15, 0.2) is 35.9 Å². The fourth-order valence-electron chi connectivity index (χ4n) is 15.2. The van der Waals surface area contributed by atoms with Crippen molar-refractivity contribution in [1.82, 2.24) is 9.80 Å². The van der Waals surface area contributed by atoms with Crippen LogP contribution in [0.3, 0.4) is 0 Å². The lowest BCUT2D eigenvalue weighted by molar-refractivity contribution is -0.169. The van der Waals surface area contributed by atoms with Crippen LogP contribution in [0.1, 0.15) is 57.1 Å². The molecule has 0 radical (unpaired) electrons. The van der Waals surface area contributed by atoms with Crippen LogP contribution in [0.25, 0.3) is 11.1 Å². The molecule has 2 spiro atoms. The molecule has 8 fully saturated rings. The summed E-state index contributed by atoms with van der Waals surface area (Å²) in [5, 5.41) is 0. The van der Waals surface area contributed by atoms with Crippen molar-refractivity contribution < 1.29 is 33.3 Å². The summed E-state index contributed by atoms with van der Waals surface area (Å²) < 4.78 is 30.6. The highest BCUT2D eigenvalue weighted by atomic mass is 16.6. The van der Waals surface area contributed by atoms with Gasteiger partial charge in [-0.2, -0.15) is 0 Å². The monoisotopic (exact) mass is 750 g/mol. The Bertz CT molecular complexity index is 2100. The van der Waals surface area contributed by atoms with E-state index in [0.717, 1.165) is 92.3 Å². The molecule has 12 atom stereocenters. The Morgan fingerprint density at radius 3 is 2.27 bits per heavy atom. The minimum Gasteiger partial charge on any atom is -0.496 e. The zero-order valence-corrected chi connectivity index (χ0v) is 33.4. The van der Waals surface area contributed by atoms with Gasteiger partial charge in [0.05, 0.1) is 52.4 Å². The van der Waals surface area contributed by atoms with Gasteiger partial charge in [0.2, 0.25) is 0 Å². The molecule has 0 N–H and O–H groups in total. The van der Waals surface area contributed by atoms with Crippen LogP contribution in [0.4, 0.5) is 11.4 Å². The molecule has 0 aromatic heterocycles. The van der Waals surface area contributed by atoms with Crippen LogP contribution in [0.5, 0.6) is 11.5 Å². The van der Waals surface area contributed by atoms with Gasteiger partial charge in [-0.1, -0.05) is 11.6 Å². The van der Waals surface area contributed by atoms with Crippen molar-refractivity contribution in [2.45, 2.75) is 86.2 Å². The largest absolute Gasteiger partial charge is 0.496 e. The summed E-state index contributed by atoms with van der Waals surface area (Å²) in [6.45, 7) is 7.86. The van der Waals surface area contributed by atoms with Crippen molar-refractivity contribution in [2.24, 2.45) is 23.7 Å². The number of hydrogen-bond donors (Lipinski definition) is 0. The molecule has 2 aromatic carbocycles. The van der Waals surface area contributed by atoms with Crippen LogP contribution in [0.2, 0.25) is 0 Å². The maximum Gasteiger partial charge on any atom is 0.310 e. The first-order valence-corrected chi connectivity index (χ1v) is 20.4. The maximum absolute atomic E-state index is 14.3. The van der Waals surface area contributed by atoms with Gasteiger partial charge in [0, 0.05) is 85.1 Å². The normalized spacial score (nSPS) is 42.9. The molecule has 11 nitrogen and oxygen atoms in total. The van der Waals surface area contributed by atoms with E-state index in [1.165, 1.54) is 16.7 Å². The third-order valence-corrected chi connectivity index (χ3v) is 17.2. The van der Waals surface area contributed by atoms with Gasteiger partial charge in [-0.15, -0.1) is 0 Å². The van der Waals surface area contributed by atoms with Crippen molar-refractivity contribution in [3.05, 3.63) is 47.0 Å². The summed E-state index contributed by atoms with van der Waals surface area (Å²) in [6.07, 6.45) is 6.96. The van der Waals surface area contributed by atoms with Crippen LogP contribution in [-0.4, -0.2) is 120 Å². The van der Waals surface area contributed by atoms with Gasteiger partial charge in [-0.05, 0) is 87.7 Å². The maximum atomic E-state index is 14.3. The second-order valence-electron chi connectivity index (χ2n) is 18.1. The Kier molecular flexibility index (Phi) is 6.88. The summed E-state index contributed by atoms with van der Waals surface area (Å²) >= 11 is 0. The Morgan fingerprint density at radius 1 is 0.873 bits per heavy atom. The first kappa shape index (κ1) is 34.4. The van der Waals surface area contributed by atoms with E-state index < -0.39 is 10.8 Å². The van der Waals surface area contributed by atoms with E-state index >= 15 is 0 Å². The predicted octanol–water partition coefficient (Wildman–Crippen LogP) is 4.73. The lowest BCUT2D eigenvalue weighted by atomic mass is 9.48. The van der Waals surface area contributed by atoms with E-state index in [2.05, 4.69) is 77.9 Å². The summed E-state index contributed by atoms with van der Waals surface area (Å²) in [5.74, 6) is 0.877. The molecule has 10 aliphatic rings. The number of carbonyl (C=O) groups is 2. The van der Waals surface area contributed by atoms with Gasteiger partial charge < -0.3 is 33.5 Å². The second kappa shape index (κ2) is 11.0. The molecule has 12 unspecified atom stereocenters. The number of anilines is 2. The van der Waals surface area contributed by atoms with Crippen LogP contribution < -0.4 is 19.3 Å². The Hall–Kier alpha value is -3.80. The van der Waals surface area contributed by atoms with Gasteiger partial charge in [-0.3, -0.25) is 19.4 Å². The molecule has 11 heteroatoms. The summed E-state index contributed by atoms with van der Waals surface area (Å²) in [5.41, 5.74) is 6.31. The van der Waals surface area contributed by atoms with Gasteiger partial charge >= 0.3 is 11.9 Å². The molecule has 2 aliphatic carbocycles. The number of esters is 2. The lowest BCUT2D eigenvalue weighted by Gasteiger charge is -2.64. The zero-order valence-electron chi connectivity index (χ0n) is 33.4. The topological polar surface area (TPSA) is 96.5 Å². The minimum atomic E-state index is -0.448. The van der Waals surface area contributed by atoms with E-state index in [1.807, 2.05) is 0 Å². The van der Waals surface area contributed by atoms with Crippen molar-refractivity contribution in [3.63, 3.8) is 0 Å². The zero-order chi connectivity index (χ0) is 38.1. The lowest BCUT2D eigenvalue weighted by Crippen LogP contribution is -2.76. The predicted molar refractivity (Wildman–Crippen MR) is 207 cm³/mol. The highest BCUT2D eigenvalue weighted by Crippen LogP contribution is 2.72. The highest BCUT2D eigenvalue weighted by molar-refractivity contribution is 5.89. The van der Waals surface area contributed by atoms with Gasteiger partial charge in [-0.25, -0.2) is 0 Å². The van der Waals surface area contributed by atoms with E-state index in [1.54, 1.807) is 28.4 Å². The Labute approximate surface area is 323 Å². The molecule has 12 rings (SSSR count). The quantitative estimate of drug-likeness (QED) is 0.241. The first-order chi connectivity index (χ1) is 26.5. The molecule has 7 bridgehead atoms. The summed E-state index contributed by atoms with van der Waals surface area (Å²) in [4.78, 5) is 38.6. The number of rotatable bonds is 5. The fraction of sp³-hybridized carbons (Fsp3) is 0.636. The average Bonchev–Trinajstić information content (AvgIpc) is 3.61. The van der Waals surface area contributed by atoms with Gasteiger partial charge in [0.25, 0.3) is 0 Å². The Balaban J connectivity index is 1.12. The number of hydrogen-bond acceptors (Lipinski definition) is 11. The molecule has 0 amide bonds. The molecule has 292 valence electrons. The van der Waals surface area contributed by atoms with E-state index in [9.17, 15) is 9.59 Å². The SMILES string of the molecule is CC=C1CN2CCC34c5cc(OC)c(-c6cc7c(cc6OC)N(C)C6C8CC9C(C(=O)OC)C76CCN8CC96OC6C)cc5N(C)C23CCC1C4C(=O)OC. The number of likely N-dealkylation sites (N-methyl/N-ethyl adjacent to an activating group) is 2. The van der Waals surface area contributed by atoms with Crippen molar-refractivity contribution in [2.75, 3.05) is 78.5 Å². The summed E-state index contributed by atoms with van der Waals surface area (Å²) in [7, 11) is 11.0. The summed E-state index contributed by atoms with van der Waals surface area (Å²) in [6, 6.07) is 9.49. The number of epoxide rings is 1. The third kappa shape index (κ3) is 3.63. The number of allylic oxidation sites excluding steroid dienone is 1. The molecular weight excluding hydrogens is 697 g/mol. The number of benzene rings is 2. The van der Waals surface area contributed by atoms with Gasteiger partial charge in [0.1, 0.15) is 22.8 Å². The van der Waals surface area contributed by atoms with Gasteiger partial charge in [0.15, 0.2) is 0 Å². The molecule has 2 aromatic rings. The van der Waals surface area contributed by atoms with Crippen LogP contribution in [0, 0.1) is 23.7 Å². The molecule has 8 aliphatic heterocycles. The first-order valence-electron chi connectivity index (χ1n) is 20.4. The smallest absolute Gasteiger partial charge is 0.310 e. The van der Waals surface area contributed by atoms with Crippen molar-refractivity contribution >= 4 is 23.3 Å². The second-order valence-corrected chi connectivity index (χ2v) is 18.1. The minimum absolute atomic E-state index is 0.0817. The number of carbonyl (C=O) groups excluding carboxylic acids is 2. The number of piperidine rings is 2. The average molecular weight is 751 g/mol. The van der Waals surface area contributed by atoms with Crippen molar-refractivity contribution in [1.29, 1.82) is 0 Å². The van der Waals surface area contributed by atoms with E-state index in [-0.39, 0.29) is 59.0 Å². The van der Waals surface area contributed by atoms with Crippen LogP contribution >= 0.6 is 0 Å². The highest BCUT2D eigenvalue weighted by Gasteiger charge is 2.78. The standard InChI is InChI=1S/C44H54N4O7/c1-9-24-21-48-15-13-42-29-19-34(51-5)27(17-32(29)46(4)44(42,48)11-10-25(24)36(42)39(49)53-7)26-16-28-31(20-35(26)52-6)45(3)38-33-18-30-37(40(50)54-8)41(28,38)12-14-47(33)22-43(30)23(2)55-43/h9,16-17,19-20,23,25,30,33,36-38H,10-15,18,21-22H2,1-8H3. The van der Waals surface area contributed by atoms with Crippen molar-refractivity contribution in [3.8, 4) is 22.6 Å².